The molecular formula is C12H12ClNO2S. The van der Waals surface area contributed by atoms with Crippen molar-refractivity contribution in [3.63, 3.8) is 0 Å². The molecule has 2 atom stereocenters. The summed E-state index contributed by atoms with van der Waals surface area (Å²) in [5.41, 5.74) is 2.44. The zero-order valence-electron chi connectivity index (χ0n) is 9.07. The number of benzene rings is 1. The Kier molecular flexibility index (Phi) is 2.61. The predicted octanol–water partition coefficient (Wildman–Crippen LogP) is 2.23. The summed E-state index contributed by atoms with van der Waals surface area (Å²) in [4.78, 5) is 10.8. The van der Waals surface area contributed by atoms with Gasteiger partial charge >= 0.3 is 5.97 Å². The number of aryl methyl sites for hydroxylation is 1. The second kappa shape index (κ2) is 3.90. The molecule has 2 N–H and O–H groups in total. The van der Waals surface area contributed by atoms with Gasteiger partial charge in [-0.1, -0.05) is 17.7 Å². The molecule has 1 aliphatic carbocycles. The quantitative estimate of drug-likeness (QED) is 0.821. The van der Waals surface area contributed by atoms with Gasteiger partial charge in [0.25, 0.3) is 0 Å². The zero-order chi connectivity index (χ0) is 12.0. The Morgan fingerprint density at radius 2 is 2.41 bits per heavy atom. The van der Waals surface area contributed by atoms with Crippen LogP contribution < -0.4 is 5.32 Å². The summed E-state index contributed by atoms with van der Waals surface area (Å²) in [5.74, 6) is -0.144. The first-order chi connectivity index (χ1) is 8.11. The average molecular weight is 270 g/mol. The molecule has 90 valence electrons. The largest absolute Gasteiger partial charge is 0.480 e. The van der Waals surface area contributed by atoms with Crippen LogP contribution in [0.3, 0.4) is 0 Å². The molecule has 3 nitrogen and oxygen atoms in total. The van der Waals surface area contributed by atoms with E-state index in [0.29, 0.717) is 5.75 Å². The Morgan fingerprint density at radius 3 is 3.12 bits per heavy atom. The third kappa shape index (κ3) is 1.75. The Bertz CT molecular complexity index is 493. The topological polar surface area (TPSA) is 49.3 Å². The number of carboxylic acids is 1. The Morgan fingerprint density at radius 1 is 1.59 bits per heavy atom. The van der Waals surface area contributed by atoms with Crippen molar-refractivity contribution in [2.75, 3.05) is 5.75 Å². The van der Waals surface area contributed by atoms with Crippen LogP contribution in [-0.4, -0.2) is 22.9 Å². The highest BCUT2D eigenvalue weighted by molar-refractivity contribution is 8.00. The van der Waals surface area contributed by atoms with E-state index in [1.165, 1.54) is 11.1 Å². The molecule has 0 amide bonds. The fourth-order valence-corrected chi connectivity index (χ4v) is 4.33. The minimum atomic E-state index is -0.767. The number of carbonyl (C=O) groups is 1. The number of nitrogens with one attached hydrogen (secondary N) is 1. The summed E-state index contributed by atoms with van der Waals surface area (Å²) in [6.45, 7) is 0. The standard InChI is InChI=1S/C12H12ClNO2S/c13-8-1-2-9-7(5-8)3-4-12(9)14-10(6-17-12)11(15)16/h1-2,5,10,14H,3-4,6H2,(H,15,16). The van der Waals surface area contributed by atoms with Gasteiger partial charge in [-0.15, -0.1) is 11.8 Å². The van der Waals surface area contributed by atoms with Gasteiger partial charge in [0, 0.05) is 10.8 Å². The highest BCUT2D eigenvalue weighted by atomic mass is 35.5. The van der Waals surface area contributed by atoms with Crippen LogP contribution in [0, 0.1) is 0 Å². The number of aliphatic carboxylic acids is 1. The summed E-state index contributed by atoms with van der Waals surface area (Å²) in [6.07, 6.45) is 1.90. The van der Waals surface area contributed by atoms with Gasteiger partial charge in [-0.25, -0.2) is 0 Å². The van der Waals surface area contributed by atoms with Crippen LogP contribution in [0.2, 0.25) is 5.02 Å². The van der Waals surface area contributed by atoms with Crippen molar-refractivity contribution in [2.24, 2.45) is 0 Å². The molecule has 1 aromatic rings. The van der Waals surface area contributed by atoms with Crippen LogP contribution in [0.25, 0.3) is 0 Å². The van der Waals surface area contributed by atoms with Crippen molar-refractivity contribution < 1.29 is 9.90 Å². The second-order valence-electron chi connectivity index (χ2n) is 4.47. The molecule has 5 heteroatoms. The van der Waals surface area contributed by atoms with Crippen molar-refractivity contribution in [1.29, 1.82) is 0 Å². The van der Waals surface area contributed by atoms with Crippen molar-refractivity contribution in [3.8, 4) is 0 Å². The molecule has 0 aromatic heterocycles. The Hall–Kier alpha value is -0.710. The summed E-state index contributed by atoms with van der Waals surface area (Å²) >= 11 is 7.68. The number of hydrogen-bond donors (Lipinski definition) is 2. The predicted molar refractivity (Wildman–Crippen MR) is 68.5 cm³/mol. The van der Waals surface area contributed by atoms with Gasteiger partial charge in [0.2, 0.25) is 0 Å². The minimum Gasteiger partial charge on any atom is -0.480 e. The zero-order valence-corrected chi connectivity index (χ0v) is 10.6. The molecule has 2 aliphatic rings. The second-order valence-corrected chi connectivity index (χ2v) is 6.23. The fourth-order valence-electron chi connectivity index (χ4n) is 2.63. The molecule has 1 aliphatic heterocycles. The van der Waals surface area contributed by atoms with E-state index in [0.717, 1.165) is 17.9 Å². The maximum Gasteiger partial charge on any atom is 0.321 e. The maximum absolute atomic E-state index is 11.0. The Balaban J connectivity index is 1.96. The molecule has 17 heavy (non-hydrogen) atoms. The lowest BCUT2D eigenvalue weighted by molar-refractivity contribution is -0.138. The number of rotatable bonds is 1. The lowest BCUT2D eigenvalue weighted by Crippen LogP contribution is -2.42. The first-order valence-electron chi connectivity index (χ1n) is 5.54. The molecule has 3 rings (SSSR count). The lowest BCUT2D eigenvalue weighted by Gasteiger charge is -2.24. The SMILES string of the molecule is O=C(O)C1CSC2(CCc3cc(Cl)ccc32)N1. The van der Waals surface area contributed by atoms with Gasteiger partial charge in [0.05, 0.1) is 4.87 Å². The molecule has 1 heterocycles. The van der Waals surface area contributed by atoms with E-state index >= 15 is 0 Å². The van der Waals surface area contributed by atoms with E-state index in [1.54, 1.807) is 11.8 Å². The molecule has 1 fully saturated rings. The van der Waals surface area contributed by atoms with Crippen molar-refractivity contribution in [2.45, 2.75) is 23.8 Å². The van der Waals surface area contributed by atoms with Crippen LogP contribution in [-0.2, 0) is 16.1 Å². The van der Waals surface area contributed by atoms with Crippen LogP contribution >= 0.6 is 23.4 Å². The number of halogens is 1. The van der Waals surface area contributed by atoms with Gasteiger partial charge in [-0.3, -0.25) is 10.1 Å². The van der Waals surface area contributed by atoms with Crippen molar-refractivity contribution >= 4 is 29.3 Å². The first kappa shape index (κ1) is 11.4. The maximum atomic E-state index is 11.0. The normalized spacial score (nSPS) is 30.8. The molecule has 0 saturated carbocycles. The smallest absolute Gasteiger partial charge is 0.321 e. The van der Waals surface area contributed by atoms with Gasteiger partial charge in [-0.2, -0.15) is 0 Å². The van der Waals surface area contributed by atoms with E-state index < -0.39 is 12.0 Å². The van der Waals surface area contributed by atoms with E-state index in [-0.39, 0.29) is 4.87 Å². The fraction of sp³-hybridized carbons (Fsp3) is 0.417. The molecule has 1 spiro atoms. The molecule has 1 saturated heterocycles. The van der Waals surface area contributed by atoms with Gasteiger partial charge in [0.15, 0.2) is 0 Å². The van der Waals surface area contributed by atoms with Gasteiger partial charge in [0.1, 0.15) is 6.04 Å². The van der Waals surface area contributed by atoms with E-state index in [9.17, 15) is 4.79 Å². The summed E-state index contributed by atoms with van der Waals surface area (Å²) in [7, 11) is 0. The third-order valence-electron chi connectivity index (χ3n) is 3.45. The highest BCUT2D eigenvalue weighted by Gasteiger charge is 2.47. The Labute approximate surface area is 109 Å². The molecule has 0 bridgehead atoms. The molecule has 0 radical (unpaired) electrons. The van der Waals surface area contributed by atoms with Gasteiger partial charge in [-0.05, 0) is 36.1 Å². The number of fused-ring (bicyclic) bond motifs is 2. The molecule has 1 aromatic carbocycles. The van der Waals surface area contributed by atoms with E-state index in [1.807, 2.05) is 18.2 Å². The van der Waals surface area contributed by atoms with Crippen LogP contribution in [0.15, 0.2) is 18.2 Å². The summed E-state index contributed by atoms with van der Waals surface area (Å²) in [6, 6.07) is 5.45. The van der Waals surface area contributed by atoms with E-state index in [4.69, 9.17) is 16.7 Å². The number of thioether (sulfide) groups is 1. The number of carboxylic acid groups (broad SMARTS) is 1. The van der Waals surface area contributed by atoms with E-state index in [2.05, 4.69) is 5.32 Å². The minimum absolute atomic E-state index is 0.205. The van der Waals surface area contributed by atoms with Crippen molar-refractivity contribution in [3.05, 3.63) is 34.3 Å². The van der Waals surface area contributed by atoms with Crippen LogP contribution in [0.4, 0.5) is 0 Å². The van der Waals surface area contributed by atoms with Crippen molar-refractivity contribution in [1.82, 2.24) is 5.32 Å². The molecule has 2 unspecified atom stereocenters. The summed E-state index contributed by atoms with van der Waals surface area (Å²) < 4.78 is 0. The van der Waals surface area contributed by atoms with Crippen LogP contribution in [0.1, 0.15) is 17.5 Å². The van der Waals surface area contributed by atoms with Gasteiger partial charge < -0.3 is 5.11 Å². The summed E-state index contributed by atoms with van der Waals surface area (Å²) in [5, 5.41) is 13.1. The molecular weight excluding hydrogens is 258 g/mol. The number of hydrogen-bond acceptors (Lipinski definition) is 3. The highest BCUT2D eigenvalue weighted by Crippen LogP contribution is 2.49. The monoisotopic (exact) mass is 269 g/mol. The average Bonchev–Trinajstić information content (AvgIpc) is 2.86. The first-order valence-corrected chi connectivity index (χ1v) is 6.90. The third-order valence-corrected chi connectivity index (χ3v) is 5.22. The lowest BCUT2D eigenvalue weighted by atomic mass is 10.1. The van der Waals surface area contributed by atoms with Crippen LogP contribution in [0.5, 0.6) is 0 Å².